The predicted molar refractivity (Wildman–Crippen MR) is 58.0 cm³/mol. The van der Waals surface area contributed by atoms with Crippen LogP contribution in [0.3, 0.4) is 0 Å². The highest BCUT2D eigenvalue weighted by atomic mass is 19.3. The summed E-state index contributed by atoms with van der Waals surface area (Å²) in [6, 6.07) is 5.27. The molecule has 0 spiro atoms. The van der Waals surface area contributed by atoms with Crippen LogP contribution >= 0.6 is 0 Å². The van der Waals surface area contributed by atoms with Crippen LogP contribution in [0, 0.1) is 6.92 Å². The van der Waals surface area contributed by atoms with E-state index in [1.165, 1.54) is 7.11 Å². The molecular formula is C12H15F2NO. The Balaban J connectivity index is 2.48. The van der Waals surface area contributed by atoms with Crippen LogP contribution in [0.1, 0.15) is 17.5 Å². The maximum Gasteiger partial charge on any atom is 0.260 e. The van der Waals surface area contributed by atoms with E-state index in [0.717, 1.165) is 5.56 Å². The van der Waals surface area contributed by atoms with Crippen LogP contribution in [0.5, 0.6) is 5.75 Å². The molecule has 1 atom stereocenters. The van der Waals surface area contributed by atoms with E-state index >= 15 is 0 Å². The molecule has 88 valence electrons. The van der Waals surface area contributed by atoms with Gasteiger partial charge in [-0.1, -0.05) is 12.1 Å². The molecule has 0 radical (unpaired) electrons. The van der Waals surface area contributed by atoms with Crippen molar-refractivity contribution >= 4 is 0 Å². The molecule has 16 heavy (non-hydrogen) atoms. The van der Waals surface area contributed by atoms with Gasteiger partial charge in [-0.2, -0.15) is 0 Å². The Labute approximate surface area is 93.4 Å². The number of aryl methyl sites for hydroxylation is 1. The maximum absolute atomic E-state index is 13.4. The zero-order valence-electron chi connectivity index (χ0n) is 9.39. The van der Waals surface area contributed by atoms with Gasteiger partial charge in [-0.05, 0) is 18.6 Å². The van der Waals surface area contributed by atoms with Gasteiger partial charge in [0.25, 0.3) is 5.92 Å². The lowest BCUT2D eigenvalue weighted by Crippen LogP contribution is -2.27. The van der Waals surface area contributed by atoms with Gasteiger partial charge in [0.15, 0.2) is 0 Å². The van der Waals surface area contributed by atoms with Crippen molar-refractivity contribution in [1.29, 1.82) is 0 Å². The monoisotopic (exact) mass is 227 g/mol. The summed E-state index contributed by atoms with van der Waals surface area (Å²) in [4.78, 5) is 0. The second-order valence-corrected chi connectivity index (χ2v) is 4.37. The largest absolute Gasteiger partial charge is 0.496 e. The molecule has 0 heterocycles. The number of benzene rings is 1. The average Bonchev–Trinajstić information content (AvgIpc) is 2.82. The third-order valence-electron chi connectivity index (χ3n) is 3.32. The number of nitrogens with two attached hydrogens (primary N) is 1. The van der Waals surface area contributed by atoms with Crippen LogP contribution in [-0.4, -0.2) is 19.6 Å². The highest BCUT2D eigenvalue weighted by molar-refractivity contribution is 5.49. The molecule has 1 unspecified atom stereocenters. The molecule has 1 aromatic carbocycles. The standard InChI is InChI=1S/C12H15F2NO/c1-8-3-4-9(10(5-8)16-2)11(7-15)6-12(11,13)14/h3-5H,6-7,15H2,1-2H3. The lowest BCUT2D eigenvalue weighted by atomic mass is 9.93. The number of alkyl halides is 2. The molecule has 0 saturated heterocycles. The Kier molecular flexibility index (Phi) is 2.42. The highest BCUT2D eigenvalue weighted by Crippen LogP contribution is 2.62. The van der Waals surface area contributed by atoms with Crippen molar-refractivity contribution in [1.82, 2.24) is 0 Å². The van der Waals surface area contributed by atoms with Gasteiger partial charge in [-0.25, -0.2) is 8.78 Å². The molecular weight excluding hydrogens is 212 g/mol. The summed E-state index contributed by atoms with van der Waals surface area (Å²) < 4.78 is 32.0. The zero-order valence-corrected chi connectivity index (χ0v) is 9.39. The van der Waals surface area contributed by atoms with E-state index in [1.54, 1.807) is 12.1 Å². The Hall–Kier alpha value is -1.16. The third-order valence-corrected chi connectivity index (χ3v) is 3.32. The first-order valence-corrected chi connectivity index (χ1v) is 5.20. The minimum absolute atomic E-state index is 0.0561. The zero-order chi connectivity index (χ0) is 12.0. The summed E-state index contributed by atoms with van der Waals surface area (Å²) in [7, 11) is 1.49. The quantitative estimate of drug-likeness (QED) is 0.859. The van der Waals surface area contributed by atoms with Crippen LogP contribution in [0.2, 0.25) is 0 Å². The Morgan fingerprint density at radius 2 is 2.06 bits per heavy atom. The van der Waals surface area contributed by atoms with E-state index in [-0.39, 0.29) is 13.0 Å². The van der Waals surface area contributed by atoms with Gasteiger partial charge in [-0.3, -0.25) is 0 Å². The van der Waals surface area contributed by atoms with Gasteiger partial charge >= 0.3 is 0 Å². The maximum atomic E-state index is 13.4. The number of methoxy groups -OCH3 is 1. The predicted octanol–water partition coefficient (Wildman–Crippen LogP) is 2.24. The van der Waals surface area contributed by atoms with Crippen LogP contribution in [-0.2, 0) is 5.41 Å². The van der Waals surface area contributed by atoms with Gasteiger partial charge in [0.1, 0.15) is 5.75 Å². The summed E-state index contributed by atoms with van der Waals surface area (Å²) in [5, 5.41) is 0. The Morgan fingerprint density at radius 1 is 1.44 bits per heavy atom. The van der Waals surface area contributed by atoms with E-state index in [2.05, 4.69) is 0 Å². The molecule has 4 heteroatoms. The summed E-state index contributed by atoms with van der Waals surface area (Å²) in [6.07, 6.45) is -0.185. The van der Waals surface area contributed by atoms with Gasteiger partial charge in [0.2, 0.25) is 0 Å². The number of rotatable bonds is 3. The summed E-state index contributed by atoms with van der Waals surface area (Å²) in [5.74, 6) is -2.20. The molecule has 2 N–H and O–H groups in total. The summed E-state index contributed by atoms with van der Waals surface area (Å²) in [6.45, 7) is 1.84. The fourth-order valence-corrected chi connectivity index (χ4v) is 2.15. The number of hydrogen-bond donors (Lipinski definition) is 1. The lowest BCUT2D eigenvalue weighted by molar-refractivity contribution is 0.0889. The van der Waals surface area contributed by atoms with E-state index in [9.17, 15) is 8.78 Å². The normalized spacial score (nSPS) is 26.6. The smallest absolute Gasteiger partial charge is 0.260 e. The minimum Gasteiger partial charge on any atom is -0.496 e. The van der Waals surface area contributed by atoms with Gasteiger partial charge in [0, 0.05) is 18.5 Å². The van der Waals surface area contributed by atoms with Crippen molar-refractivity contribution in [3.63, 3.8) is 0 Å². The van der Waals surface area contributed by atoms with Crippen molar-refractivity contribution in [3.8, 4) is 5.75 Å². The number of hydrogen-bond acceptors (Lipinski definition) is 2. The molecule has 1 fully saturated rings. The molecule has 2 rings (SSSR count). The fourth-order valence-electron chi connectivity index (χ4n) is 2.15. The van der Waals surface area contributed by atoms with E-state index in [1.807, 2.05) is 13.0 Å². The lowest BCUT2D eigenvalue weighted by Gasteiger charge is -2.18. The van der Waals surface area contributed by atoms with Crippen LogP contribution in [0.25, 0.3) is 0 Å². The van der Waals surface area contributed by atoms with Crippen LogP contribution < -0.4 is 10.5 Å². The van der Waals surface area contributed by atoms with Crippen LogP contribution in [0.15, 0.2) is 18.2 Å². The van der Waals surface area contributed by atoms with Crippen molar-refractivity contribution < 1.29 is 13.5 Å². The van der Waals surface area contributed by atoms with Crippen molar-refractivity contribution in [3.05, 3.63) is 29.3 Å². The molecule has 1 aliphatic rings. The summed E-state index contributed by atoms with van der Waals surface area (Å²) in [5.41, 5.74) is 5.79. The first-order chi connectivity index (χ1) is 7.47. The molecule has 1 aromatic rings. The molecule has 0 aromatic heterocycles. The average molecular weight is 227 g/mol. The Bertz CT molecular complexity index is 419. The second-order valence-electron chi connectivity index (χ2n) is 4.37. The number of halogens is 2. The fraction of sp³-hybridized carbons (Fsp3) is 0.500. The molecule has 1 saturated carbocycles. The van der Waals surface area contributed by atoms with Crippen molar-refractivity contribution in [2.75, 3.05) is 13.7 Å². The Morgan fingerprint density at radius 3 is 2.50 bits per heavy atom. The van der Waals surface area contributed by atoms with E-state index in [4.69, 9.17) is 10.5 Å². The van der Waals surface area contributed by atoms with Crippen LogP contribution in [0.4, 0.5) is 8.78 Å². The van der Waals surface area contributed by atoms with E-state index < -0.39 is 11.3 Å². The SMILES string of the molecule is COc1cc(C)ccc1C1(CN)CC1(F)F. The third kappa shape index (κ3) is 1.40. The van der Waals surface area contributed by atoms with E-state index in [0.29, 0.717) is 11.3 Å². The second kappa shape index (κ2) is 3.42. The van der Waals surface area contributed by atoms with Gasteiger partial charge < -0.3 is 10.5 Å². The first-order valence-electron chi connectivity index (χ1n) is 5.20. The van der Waals surface area contributed by atoms with Gasteiger partial charge in [-0.15, -0.1) is 0 Å². The summed E-state index contributed by atoms with van der Waals surface area (Å²) >= 11 is 0. The molecule has 0 aliphatic heterocycles. The molecule has 2 nitrogen and oxygen atoms in total. The molecule has 1 aliphatic carbocycles. The molecule has 0 bridgehead atoms. The first kappa shape index (κ1) is 11.3. The number of ether oxygens (including phenoxy) is 1. The molecule has 0 amide bonds. The van der Waals surface area contributed by atoms with Crippen molar-refractivity contribution in [2.24, 2.45) is 5.73 Å². The highest BCUT2D eigenvalue weighted by Gasteiger charge is 2.71. The van der Waals surface area contributed by atoms with Crippen molar-refractivity contribution in [2.45, 2.75) is 24.7 Å². The topological polar surface area (TPSA) is 35.2 Å². The van der Waals surface area contributed by atoms with Gasteiger partial charge in [0.05, 0.1) is 12.5 Å². The minimum atomic E-state index is -2.70.